The van der Waals surface area contributed by atoms with Gasteiger partial charge in [0.25, 0.3) is 0 Å². The predicted molar refractivity (Wildman–Crippen MR) is 75.8 cm³/mol. The summed E-state index contributed by atoms with van der Waals surface area (Å²) in [6.07, 6.45) is 0.499. The van der Waals surface area contributed by atoms with E-state index in [0.29, 0.717) is 6.61 Å². The molecule has 0 spiro atoms. The van der Waals surface area contributed by atoms with Crippen LogP contribution < -0.4 is 0 Å². The summed E-state index contributed by atoms with van der Waals surface area (Å²) in [5.41, 5.74) is 0. The van der Waals surface area contributed by atoms with Crippen LogP contribution in [0.15, 0.2) is 0 Å². The van der Waals surface area contributed by atoms with E-state index >= 15 is 0 Å². The van der Waals surface area contributed by atoms with Crippen LogP contribution in [0.1, 0.15) is 20.3 Å². The molecule has 0 amide bonds. The first-order chi connectivity index (χ1) is 10.3. The Labute approximate surface area is 130 Å². The smallest absolute Gasteiger partial charge is 0.397 e. The first-order valence-corrected chi connectivity index (χ1v) is 8.24. The zero-order chi connectivity index (χ0) is 16.8. The fourth-order valence-electron chi connectivity index (χ4n) is 1.30. The highest BCUT2D eigenvalue weighted by molar-refractivity contribution is 7.80. The van der Waals surface area contributed by atoms with Crippen molar-refractivity contribution in [3.8, 4) is 0 Å². The lowest BCUT2D eigenvalue weighted by atomic mass is 10.4. The van der Waals surface area contributed by atoms with E-state index in [0.717, 1.165) is 6.42 Å². The van der Waals surface area contributed by atoms with Crippen molar-refractivity contribution < 1.29 is 40.9 Å². The Morgan fingerprint density at radius 2 is 1.64 bits per heavy atom. The third-order valence-corrected chi connectivity index (χ3v) is 2.62. The lowest BCUT2D eigenvalue weighted by molar-refractivity contribution is -0.143. The molecule has 0 radical (unpaired) electrons. The van der Waals surface area contributed by atoms with Crippen molar-refractivity contribution in [1.29, 1.82) is 0 Å². The molecule has 0 aliphatic rings. The minimum absolute atomic E-state index is 0.0147. The lowest BCUT2D eigenvalue weighted by Gasteiger charge is -2.18. The molecule has 0 fully saturated rings. The summed E-state index contributed by atoms with van der Waals surface area (Å²) in [7, 11) is -4.44. The van der Waals surface area contributed by atoms with E-state index in [2.05, 4.69) is 4.18 Å². The quantitative estimate of drug-likeness (QED) is 0.268. The van der Waals surface area contributed by atoms with Gasteiger partial charge in [0, 0.05) is 13.5 Å². The summed E-state index contributed by atoms with van der Waals surface area (Å²) >= 11 is 0. The second-order valence-electron chi connectivity index (χ2n) is 4.23. The molecule has 1 N–H and O–H groups in total. The molecule has 0 heterocycles. The van der Waals surface area contributed by atoms with Crippen molar-refractivity contribution in [2.24, 2.45) is 0 Å². The number of esters is 1. The van der Waals surface area contributed by atoms with Gasteiger partial charge < -0.3 is 18.9 Å². The molecule has 0 aromatic heterocycles. The molecule has 0 aliphatic heterocycles. The molecule has 132 valence electrons. The number of hydrogen-bond acceptors (Lipinski definition) is 8. The van der Waals surface area contributed by atoms with Gasteiger partial charge in [-0.05, 0) is 6.42 Å². The molecule has 1 unspecified atom stereocenters. The highest BCUT2D eigenvalue weighted by atomic mass is 32.3. The Hall–Kier alpha value is -0.780. The second kappa shape index (κ2) is 12.7. The van der Waals surface area contributed by atoms with Gasteiger partial charge in [0.15, 0.2) is 0 Å². The second-order valence-corrected chi connectivity index (χ2v) is 5.32. The summed E-state index contributed by atoms with van der Waals surface area (Å²) in [5.74, 6) is -0.371. The highest BCUT2D eigenvalue weighted by Crippen LogP contribution is 1.98. The van der Waals surface area contributed by atoms with Gasteiger partial charge in [-0.1, -0.05) is 6.92 Å². The Balaban J connectivity index is 3.79. The molecule has 0 rings (SSSR count). The van der Waals surface area contributed by atoms with Gasteiger partial charge in [0.1, 0.15) is 12.7 Å². The van der Waals surface area contributed by atoms with Gasteiger partial charge in [-0.25, -0.2) is 4.18 Å². The fraction of sp³-hybridized carbons (Fsp3) is 0.917. The van der Waals surface area contributed by atoms with E-state index in [1.54, 1.807) is 0 Å². The van der Waals surface area contributed by atoms with E-state index < -0.39 is 10.4 Å². The minimum Gasteiger partial charge on any atom is -0.463 e. The maximum atomic E-state index is 10.6. The molecule has 0 aromatic rings. The van der Waals surface area contributed by atoms with Gasteiger partial charge in [0.05, 0.1) is 33.0 Å². The van der Waals surface area contributed by atoms with Crippen LogP contribution in [0.3, 0.4) is 0 Å². The van der Waals surface area contributed by atoms with Crippen molar-refractivity contribution in [3.05, 3.63) is 0 Å². The van der Waals surface area contributed by atoms with Crippen molar-refractivity contribution in [2.45, 2.75) is 26.4 Å². The van der Waals surface area contributed by atoms with E-state index in [1.165, 1.54) is 6.92 Å². The first kappa shape index (κ1) is 21.2. The zero-order valence-corrected chi connectivity index (χ0v) is 13.7. The van der Waals surface area contributed by atoms with Crippen LogP contribution >= 0.6 is 0 Å². The van der Waals surface area contributed by atoms with E-state index in [-0.39, 0.29) is 51.7 Å². The van der Waals surface area contributed by atoms with Crippen molar-refractivity contribution >= 4 is 16.4 Å². The van der Waals surface area contributed by atoms with E-state index in [4.69, 9.17) is 23.5 Å². The predicted octanol–water partition coefficient (Wildman–Crippen LogP) is 0.197. The Morgan fingerprint density at radius 3 is 2.14 bits per heavy atom. The van der Waals surface area contributed by atoms with Gasteiger partial charge >= 0.3 is 16.4 Å². The monoisotopic (exact) mass is 344 g/mol. The zero-order valence-electron chi connectivity index (χ0n) is 12.9. The summed E-state index contributed by atoms with van der Waals surface area (Å²) in [5, 5.41) is 0. The molecule has 10 heteroatoms. The molecule has 0 saturated heterocycles. The largest absolute Gasteiger partial charge is 0.463 e. The van der Waals surface area contributed by atoms with E-state index in [9.17, 15) is 13.2 Å². The normalized spacial score (nSPS) is 13.0. The topological polar surface area (TPSA) is 118 Å². The Bertz CT molecular complexity index is 382. The molecule has 0 aromatic carbocycles. The third kappa shape index (κ3) is 15.6. The average molecular weight is 344 g/mol. The molecule has 1 atom stereocenters. The lowest BCUT2D eigenvalue weighted by Crippen LogP contribution is -2.28. The number of rotatable bonds is 14. The molecular weight excluding hydrogens is 320 g/mol. The van der Waals surface area contributed by atoms with Gasteiger partial charge in [0.2, 0.25) is 0 Å². The van der Waals surface area contributed by atoms with E-state index in [1.807, 2.05) is 6.92 Å². The van der Waals surface area contributed by atoms with Crippen LogP contribution in [0.5, 0.6) is 0 Å². The van der Waals surface area contributed by atoms with Crippen LogP contribution in [-0.2, 0) is 38.3 Å². The highest BCUT2D eigenvalue weighted by Gasteiger charge is 2.10. The standard InChI is InChI=1S/C12H24O9S/c1-3-4-20-12(9-17-5-7-19-11(2)13)10-18-6-8-21-22(14,15)16/h12H,3-10H2,1-2H3,(H,14,15,16). The number of carbonyl (C=O) groups excluding carboxylic acids is 1. The molecule has 22 heavy (non-hydrogen) atoms. The molecule has 0 saturated carbocycles. The van der Waals surface area contributed by atoms with Gasteiger partial charge in [-0.3, -0.25) is 9.35 Å². The molecule has 0 aliphatic carbocycles. The summed E-state index contributed by atoms with van der Waals surface area (Å²) in [6, 6.07) is 0. The maximum absolute atomic E-state index is 10.6. The van der Waals surface area contributed by atoms with Crippen LogP contribution in [0.2, 0.25) is 0 Å². The van der Waals surface area contributed by atoms with Crippen molar-refractivity contribution in [1.82, 2.24) is 0 Å². The molecular formula is C12H24O9S. The summed E-state index contributed by atoms with van der Waals surface area (Å²) < 4.78 is 53.8. The summed E-state index contributed by atoms with van der Waals surface area (Å²) in [6.45, 7) is 4.35. The van der Waals surface area contributed by atoms with Crippen molar-refractivity contribution in [3.63, 3.8) is 0 Å². The third-order valence-electron chi connectivity index (χ3n) is 2.16. The SMILES string of the molecule is CCCOC(COCCOC(C)=O)COCCOS(=O)(=O)O. The van der Waals surface area contributed by atoms with Crippen LogP contribution in [-0.4, -0.2) is 71.3 Å². The average Bonchev–Trinajstić information content (AvgIpc) is 2.41. The number of ether oxygens (including phenoxy) is 4. The molecule has 0 bridgehead atoms. The first-order valence-electron chi connectivity index (χ1n) is 6.87. The van der Waals surface area contributed by atoms with Crippen LogP contribution in [0.25, 0.3) is 0 Å². The van der Waals surface area contributed by atoms with Crippen LogP contribution in [0.4, 0.5) is 0 Å². The van der Waals surface area contributed by atoms with Crippen molar-refractivity contribution in [2.75, 3.05) is 46.2 Å². The minimum atomic E-state index is -4.44. The Morgan fingerprint density at radius 1 is 1.05 bits per heavy atom. The number of carbonyl (C=O) groups is 1. The fourth-order valence-corrected chi connectivity index (χ4v) is 1.58. The summed E-state index contributed by atoms with van der Waals surface area (Å²) in [4.78, 5) is 10.6. The Kier molecular flexibility index (Phi) is 12.3. The van der Waals surface area contributed by atoms with Gasteiger partial charge in [-0.15, -0.1) is 0 Å². The maximum Gasteiger partial charge on any atom is 0.397 e. The molecule has 9 nitrogen and oxygen atoms in total. The van der Waals surface area contributed by atoms with Crippen LogP contribution in [0, 0.1) is 0 Å². The number of hydrogen-bond donors (Lipinski definition) is 1. The van der Waals surface area contributed by atoms with Gasteiger partial charge in [-0.2, -0.15) is 8.42 Å².